The van der Waals surface area contributed by atoms with E-state index in [2.05, 4.69) is 13.8 Å². The first kappa shape index (κ1) is 19.0. The van der Waals surface area contributed by atoms with Crippen LogP contribution in [0, 0.1) is 0 Å². The number of unbranched alkanes of at least 4 members (excludes halogenated alkanes) is 3. The van der Waals surface area contributed by atoms with Gasteiger partial charge < -0.3 is 9.47 Å². The van der Waals surface area contributed by atoms with E-state index in [0.29, 0.717) is 35.8 Å². The maximum Gasteiger partial charge on any atom is 0.196 e. The van der Waals surface area contributed by atoms with Gasteiger partial charge in [-0.25, -0.2) is 0 Å². The van der Waals surface area contributed by atoms with E-state index in [1.165, 1.54) is 0 Å². The van der Waals surface area contributed by atoms with E-state index >= 15 is 0 Å². The molecule has 134 valence electrons. The topological polar surface area (TPSA) is 35.5 Å². The number of benzene rings is 2. The average molecular weight is 340 g/mol. The Bertz CT molecular complexity index is 650. The lowest BCUT2D eigenvalue weighted by atomic mass is 10.0. The Morgan fingerprint density at radius 1 is 0.800 bits per heavy atom. The molecule has 0 saturated carbocycles. The second-order valence-electron chi connectivity index (χ2n) is 6.09. The van der Waals surface area contributed by atoms with Crippen molar-refractivity contribution in [3.8, 4) is 11.5 Å². The molecule has 25 heavy (non-hydrogen) atoms. The van der Waals surface area contributed by atoms with Gasteiger partial charge >= 0.3 is 0 Å². The predicted octanol–water partition coefficient (Wildman–Crippen LogP) is 5.67. The maximum absolute atomic E-state index is 12.9. The van der Waals surface area contributed by atoms with Crippen LogP contribution >= 0.6 is 0 Å². The fourth-order valence-corrected chi connectivity index (χ4v) is 2.55. The predicted molar refractivity (Wildman–Crippen MR) is 102 cm³/mol. The van der Waals surface area contributed by atoms with Crippen LogP contribution in [0.25, 0.3) is 0 Å². The van der Waals surface area contributed by atoms with E-state index < -0.39 is 0 Å². The van der Waals surface area contributed by atoms with Gasteiger partial charge in [0.15, 0.2) is 17.3 Å². The molecule has 0 bridgehead atoms. The van der Waals surface area contributed by atoms with Gasteiger partial charge in [-0.3, -0.25) is 4.79 Å². The van der Waals surface area contributed by atoms with Crippen LogP contribution in [0.15, 0.2) is 48.5 Å². The highest BCUT2D eigenvalue weighted by Crippen LogP contribution is 2.33. The molecule has 0 fully saturated rings. The van der Waals surface area contributed by atoms with Crippen molar-refractivity contribution in [1.82, 2.24) is 0 Å². The molecule has 3 nitrogen and oxygen atoms in total. The third-order valence-electron chi connectivity index (χ3n) is 4.01. The Morgan fingerprint density at radius 3 is 2.24 bits per heavy atom. The first-order valence-electron chi connectivity index (χ1n) is 9.26. The highest BCUT2D eigenvalue weighted by molar-refractivity contribution is 6.11. The van der Waals surface area contributed by atoms with Crippen molar-refractivity contribution in [1.29, 1.82) is 0 Å². The molecule has 0 atom stereocenters. The Balaban J connectivity index is 2.25. The van der Waals surface area contributed by atoms with Gasteiger partial charge in [-0.05, 0) is 25.0 Å². The van der Waals surface area contributed by atoms with Crippen LogP contribution in [-0.4, -0.2) is 19.0 Å². The van der Waals surface area contributed by atoms with Crippen LogP contribution in [0.3, 0.4) is 0 Å². The van der Waals surface area contributed by atoms with Crippen molar-refractivity contribution < 1.29 is 14.3 Å². The monoisotopic (exact) mass is 340 g/mol. The van der Waals surface area contributed by atoms with Crippen molar-refractivity contribution in [2.45, 2.75) is 46.0 Å². The summed E-state index contributed by atoms with van der Waals surface area (Å²) < 4.78 is 11.9. The van der Waals surface area contributed by atoms with Crippen LogP contribution in [0.5, 0.6) is 11.5 Å². The molecule has 0 N–H and O–H groups in total. The first-order chi connectivity index (χ1) is 12.3. The molecule has 0 saturated heterocycles. The lowest BCUT2D eigenvalue weighted by Gasteiger charge is -2.16. The molecule has 2 aromatic carbocycles. The Labute approximate surface area is 151 Å². The van der Waals surface area contributed by atoms with Gasteiger partial charge in [0.2, 0.25) is 0 Å². The maximum atomic E-state index is 12.9. The summed E-state index contributed by atoms with van der Waals surface area (Å²) in [5.41, 5.74) is 1.22. The van der Waals surface area contributed by atoms with Crippen LogP contribution in [0.4, 0.5) is 0 Å². The summed E-state index contributed by atoms with van der Waals surface area (Å²) >= 11 is 0. The Morgan fingerprint density at radius 2 is 1.52 bits per heavy atom. The summed E-state index contributed by atoms with van der Waals surface area (Å²) in [6.07, 6.45) is 5.27. The molecule has 0 aliphatic carbocycles. The molecule has 0 amide bonds. The standard InChI is InChI=1S/C22H28O3/c1-3-5-10-17-24-20-15-11-14-19(22(20)25-16-6-4-2)21(23)18-12-8-7-9-13-18/h7-9,11-15H,3-6,10,16-17H2,1-2H3. The zero-order chi connectivity index (χ0) is 17.9. The van der Waals surface area contributed by atoms with Gasteiger partial charge in [0.25, 0.3) is 0 Å². The smallest absolute Gasteiger partial charge is 0.196 e. The van der Waals surface area contributed by atoms with Gasteiger partial charge in [0.1, 0.15) is 0 Å². The first-order valence-corrected chi connectivity index (χ1v) is 9.26. The molecule has 0 radical (unpaired) electrons. The Hall–Kier alpha value is -2.29. The van der Waals surface area contributed by atoms with E-state index in [-0.39, 0.29) is 5.78 Å². The molecule has 2 rings (SSSR count). The summed E-state index contributed by atoms with van der Waals surface area (Å²) in [5, 5.41) is 0. The number of rotatable bonds is 11. The third kappa shape index (κ3) is 5.63. The zero-order valence-corrected chi connectivity index (χ0v) is 15.3. The van der Waals surface area contributed by atoms with Crippen LogP contribution in [0.1, 0.15) is 61.9 Å². The van der Waals surface area contributed by atoms with E-state index in [1.807, 2.05) is 48.5 Å². The number of carbonyl (C=O) groups is 1. The van der Waals surface area contributed by atoms with Crippen LogP contribution in [0.2, 0.25) is 0 Å². The molecule has 0 aromatic heterocycles. The number of carbonyl (C=O) groups excluding carboxylic acids is 1. The second kappa shape index (κ2) is 10.5. The van der Waals surface area contributed by atoms with E-state index in [4.69, 9.17) is 9.47 Å². The quantitative estimate of drug-likeness (QED) is 0.391. The summed E-state index contributed by atoms with van der Waals surface area (Å²) in [7, 11) is 0. The largest absolute Gasteiger partial charge is 0.490 e. The van der Waals surface area contributed by atoms with E-state index in [0.717, 1.165) is 32.1 Å². The number of ether oxygens (including phenoxy) is 2. The zero-order valence-electron chi connectivity index (χ0n) is 15.3. The van der Waals surface area contributed by atoms with Crippen LogP contribution in [-0.2, 0) is 0 Å². The molecule has 0 aliphatic rings. The molecule has 2 aromatic rings. The summed E-state index contributed by atoms with van der Waals surface area (Å²) in [6.45, 7) is 5.51. The fraction of sp³-hybridized carbons (Fsp3) is 0.409. The molecular formula is C22H28O3. The molecule has 3 heteroatoms. The number of para-hydroxylation sites is 1. The van der Waals surface area contributed by atoms with Crippen molar-refractivity contribution >= 4 is 5.78 Å². The molecular weight excluding hydrogens is 312 g/mol. The lowest BCUT2D eigenvalue weighted by Crippen LogP contribution is -2.09. The minimum Gasteiger partial charge on any atom is -0.490 e. The normalized spacial score (nSPS) is 10.5. The molecule has 0 heterocycles. The van der Waals surface area contributed by atoms with E-state index in [9.17, 15) is 4.79 Å². The number of hydrogen-bond acceptors (Lipinski definition) is 3. The minimum atomic E-state index is -0.0360. The molecule has 0 unspecified atom stereocenters. The third-order valence-corrected chi connectivity index (χ3v) is 4.01. The van der Waals surface area contributed by atoms with Crippen molar-refractivity contribution in [2.75, 3.05) is 13.2 Å². The second-order valence-corrected chi connectivity index (χ2v) is 6.09. The van der Waals surface area contributed by atoms with Gasteiger partial charge in [-0.15, -0.1) is 0 Å². The number of hydrogen-bond donors (Lipinski definition) is 0. The van der Waals surface area contributed by atoms with Crippen molar-refractivity contribution in [3.05, 3.63) is 59.7 Å². The summed E-state index contributed by atoms with van der Waals surface area (Å²) in [4.78, 5) is 12.9. The highest BCUT2D eigenvalue weighted by Gasteiger charge is 2.18. The number of ketones is 1. The van der Waals surface area contributed by atoms with Gasteiger partial charge in [-0.1, -0.05) is 69.5 Å². The van der Waals surface area contributed by atoms with Crippen LogP contribution < -0.4 is 9.47 Å². The van der Waals surface area contributed by atoms with Gasteiger partial charge in [0, 0.05) is 5.56 Å². The fourth-order valence-electron chi connectivity index (χ4n) is 2.55. The van der Waals surface area contributed by atoms with Crippen molar-refractivity contribution in [3.63, 3.8) is 0 Å². The summed E-state index contributed by atoms with van der Waals surface area (Å²) in [6, 6.07) is 14.9. The van der Waals surface area contributed by atoms with Gasteiger partial charge in [0.05, 0.1) is 18.8 Å². The lowest BCUT2D eigenvalue weighted by molar-refractivity contribution is 0.103. The minimum absolute atomic E-state index is 0.0360. The van der Waals surface area contributed by atoms with E-state index in [1.54, 1.807) is 0 Å². The molecule has 0 aliphatic heterocycles. The molecule has 0 spiro atoms. The van der Waals surface area contributed by atoms with Crippen molar-refractivity contribution in [2.24, 2.45) is 0 Å². The SMILES string of the molecule is CCCCCOc1cccc(C(=O)c2ccccc2)c1OCCCC. The average Bonchev–Trinajstić information content (AvgIpc) is 2.66. The highest BCUT2D eigenvalue weighted by atomic mass is 16.5. The Kier molecular flexibility index (Phi) is 8.03. The van der Waals surface area contributed by atoms with Gasteiger partial charge in [-0.2, -0.15) is 0 Å². The summed E-state index contributed by atoms with van der Waals surface area (Å²) in [5.74, 6) is 1.20.